The molecule has 0 radical (unpaired) electrons. The summed E-state index contributed by atoms with van der Waals surface area (Å²) in [4.78, 5) is 3.93. The highest BCUT2D eigenvalue weighted by Crippen LogP contribution is 2.28. The van der Waals surface area contributed by atoms with Crippen molar-refractivity contribution in [1.29, 1.82) is 0 Å². The van der Waals surface area contributed by atoms with Crippen molar-refractivity contribution in [1.82, 2.24) is 9.29 Å². The lowest BCUT2D eigenvalue weighted by molar-refractivity contribution is 0.286. The molecule has 0 amide bonds. The summed E-state index contributed by atoms with van der Waals surface area (Å²) in [5, 5.41) is 0.0418. The van der Waals surface area contributed by atoms with E-state index in [1.165, 1.54) is 23.0 Å². The summed E-state index contributed by atoms with van der Waals surface area (Å²) >= 11 is 5.87. The van der Waals surface area contributed by atoms with Gasteiger partial charge >= 0.3 is 0 Å². The number of hydrogen-bond acceptors (Lipinski definition) is 3. The summed E-state index contributed by atoms with van der Waals surface area (Å²) in [6.45, 7) is 0. The molecule has 0 aliphatic heterocycles. The minimum atomic E-state index is -3.53. The lowest BCUT2D eigenvalue weighted by Crippen LogP contribution is -2.38. The van der Waals surface area contributed by atoms with E-state index in [1.54, 1.807) is 13.1 Å². The molecule has 0 atom stereocenters. The van der Waals surface area contributed by atoms with Crippen LogP contribution in [0, 0.1) is 0 Å². The molecule has 1 saturated carbocycles. The Morgan fingerprint density at radius 2 is 2.00 bits per heavy atom. The molecule has 0 unspecified atom stereocenters. The van der Waals surface area contributed by atoms with Gasteiger partial charge in [-0.1, -0.05) is 30.9 Å². The smallest absolute Gasteiger partial charge is 0.243 e. The number of nitrogens with zero attached hydrogens (tertiary/aromatic N) is 2. The molecule has 0 N–H and O–H groups in total. The van der Waals surface area contributed by atoms with Crippen molar-refractivity contribution < 1.29 is 8.42 Å². The first-order valence-corrected chi connectivity index (χ1v) is 7.94. The van der Waals surface area contributed by atoms with E-state index in [0.29, 0.717) is 0 Å². The van der Waals surface area contributed by atoms with E-state index in [2.05, 4.69) is 4.98 Å². The maximum Gasteiger partial charge on any atom is 0.246 e. The van der Waals surface area contributed by atoms with Crippen molar-refractivity contribution in [3.8, 4) is 0 Å². The second-order valence-corrected chi connectivity index (χ2v) is 6.93. The highest BCUT2D eigenvalue weighted by molar-refractivity contribution is 7.89. The molecule has 0 aromatic carbocycles. The zero-order valence-electron chi connectivity index (χ0n) is 10.3. The third-order valence-corrected chi connectivity index (χ3v) is 5.83. The van der Waals surface area contributed by atoms with E-state index in [0.717, 1.165) is 25.7 Å². The monoisotopic (exact) mass is 288 g/mol. The van der Waals surface area contributed by atoms with E-state index in [4.69, 9.17) is 11.6 Å². The number of aromatic nitrogens is 1. The number of rotatable bonds is 3. The van der Waals surface area contributed by atoms with Gasteiger partial charge in [-0.25, -0.2) is 13.4 Å². The van der Waals surface area contributed by atoms with Crippen LogP contribution in [0.15, 0.2) is 23.2 Å². The Kier molecular flexibility index (Phi) is 4.25. The van der Waals surface area contributed by atoms with Gasteiger partial charge in [0.15, 0.2) is 0 Å². The fourth-order valence-electron chi connectivity index (χ4n) is 2.36. The van der Waals surface area contributed by atoms with Crippen molar-refractivity contribution in [2.75, 3.05) is 7.05 Å². The predicted molar refractivity (Wildman–Crippen MR) is 71.1 cm³/mol. The third kappa shape index (κ3) is 2.68. The molecule has 1 aromatic rings. The third-order valence-electron chi connectivity index (χ3n) is 3.47. The normalized spacial score (nSPS) is 18.2. The van der Waals surface area contributed by atoms with Gasteiger partial charge < -0.3 is 0 Å². The molecule has 4 nitrogen and oxygen atoms in total. The fourth-order valence-corrected chi connectivity index (χ4v) is 4.20. The summed E-state index contributed by atoms with van der Waals surface area (Å²) in [6, 6.07) is 3.18. The summed E-state index contributed by atoms with van der Waals surface area (Å²) in [6.07, 6.45) is 6.71. The molecule has 0 bridgehead atoms. The predicted octanol–water partition coefficient (Wildman–Crippen LogP) is 2.69. The first-order chi connectivity index (χ1) is 8.53. The second kappa shape index (κ2) is 5.55. The van der Waals surface area contributed by atoms with Gasteiger partial charge in [-0.15, -0.1) is 0 Å². The van der Waals surface area contributed by atoms with Crippen molar-refractivity contribution >= 4 is 21.6 Å². The van der Waals surface area contributed by atoms with E-state index in [-0.39, 0.29) is 16.1 Å². The first kappa shape index (κ1) is 13.8. The average molecular weight is 289 g/mol. The van der Waals surface area contributed by atoms with Crippen LogP contribution in [0.25, 0.3) is 0 Å². The van der Waals surface area contributed by atoms with Gasteiger partial charge in [0.1, 0.15) is 10.0 Å². The molecule has 1 heterocycles. The Morgan fingerprint density at radius 3 is 2.61 bits per heavy atom. The first-order valence-electron chi connectivity index (χ1n) is 6.12. The molecule has 6 heteroatoms. The van der Waals surface area contributed by atoms with Gasteiger partial charge in [0.05, 0.1) is 0 Å². The molecule has 1 aliphatic rings. The topological polar surface area (TPSA) is 50.3 Å². The molecular formula is C12H17ClN2O2S. The number of hydrogen-bond donors (Lipinski definition) is 0. The van der Waals surface area contributed by atoms with Gasteiger partial charge in [0, 0.05) is 19.3 Å². The Hall–Kier alpha value is -0.650. The van der Waals surface area contributed by atoms with Crippen LogP contribution in [-0.4, -0.2) is 30.8 Å². The summed E-state index contributed by atoms with van der Waals surface area (Å²) in [7, 11) is -1.90. The lowest BCUT2D eigenvalue weighted by Gasteiger charge is -2.30. The maximum atomic E-state index is 12.5. The van der Waals surface area contributed by atoms with E-state index < -0.39 is 10.0 Å². The zero-order valence-corrected chi connectivity index (χ0v) is 11.9. The molecule has 1 aliphatic carbocycles. The molecular weight excluding hydrogens is 272 g/mol. The van der Waals surface area contributed by atoms with Crippen molar-refractivity contribution in [2.45, 2.75) is 43.0 Å². The van der Waals surface area contributed by atoms with Gasteiger partial charge in [-0.05, 0) is 25.0 Å². The van der Waals surface area contributed by atoms with Crippen molar-refractivity contribution in [2.24, 2.45) is 0 Å². The molecule has 2 rings (SSSR count). The number of halogens is 1. The summed E-state index contributed by atoms with van der Waals surface area (Å²) in [5.41, 5.74) is 0. The van der Waals surface area contributed by atoms with E-state index in [1.807, 2.05) is 0 Å². The van der Waals surface area contributed by atoms with Crippen LogP contribution in [0.4, 0.5) is 0 Å². The van der Waals surface area contributed by atoms with Crippen LogP contribution >= 0.6 is 11.6 Å². The quantitative estimate of drug-likeness (QED) is 0.804. The second-order valence-electron chi connectivity index (χ2n) is 4.61. The van der Waals surface area contributed by atoms with Crippen LogP contribution in [-0.2, 0) is 10.0 Å². The van der Waals surface area contributed by atoms with Crippen molar-refractivity contribution in [3.63, 3.8) is 0 Å². The molecule has 100 valence electrons. The Balaban J connectivity index is 2.28. The van der Waals surface area contributed by atoms with Crippen LogP contribution in [0.2, 0.25) is 5.15 Å². The molecule has 18 heavy (non-hydrogen) atoms. The maximum absolute atomic E-state index is 12.5. The lowest BCUT2D eigenvalue weighted by atomic mass is 9.96. The van der Waals surface area contributed by atoms with Crippen LogP contribution in [0.5, 0.6) is 0 Å². The standard InChI is InChI=1S/C12H17ClN2O2S/c1-15(10-6-3-2-4-7-10)18(16,17)11-8-5-9-14-12(11)13/h5,8-10H,2-4,6-7H2,1H3. The summed E-state index contributed by atoms with van der Waals surface area (Å²) in [5.74, 6) is 0. The number of sulfonamides is 1. The van der Waals surface area contributed by atoms with E-state index >= 15 is 0 Å². The molecule has 0 saturated heterocycles. The minimum Gasteiger partial charge on any atom is -0.243 e. The van der Waals surface area contributed by atoms with Gasteiger partial charge in [0.25, 0.3) is 0 Å². The Morgan fingerprint density at radius 1 is 1.33 bits per heavy atom. The highest BCUT2D eigenvalue weighted by Gasteiger charge is 2.30. The largest absolute Gasteiger partial charge is 0.246 e. The van der Waals surface area contributed by atoms with E-state index in [9.17, 15) is 8.42 Å². The highest BCUT2D eigenvalue weighted by atomic mass is 35.5. The zero-order chi connectivity index (χ0) is 13.2. The van der Waals surface area contributed by atoms with Crippen LogP contribution < -0.4 is 0 Å². The molecule has 1 fully saturated rings. The summed E-state index contributed by atoms with van der Waals surface area (Å²) < 4.78 is 26.4. The van der Waals surface area contributed by atoms with Crippen molar-refractivity contribution in [3.05, 3.63) is 23.5 Å². The minimum absolute atomic E-state index is 0.0418. The van der Waals surface area contributed by atoms with Gasteiger partial charge in [-0.2, -0.15) is 4.31 Å². The fraction of sp³-hybridized carbons (Fsp3) is 0.583. The molecule has 0 spiro atoms. The van der Waals surface area contributed by atoms with Gasteiger partial charge in [-0.3, -0.25) is 0 Å². The SMILES string of the molecule is CN(C1CCCCC1)S(=O)(=O)c1cccnc1Cl. The molecule has 1 aromatic heterocycles. The average Bonchev–Trinajstić information content (AvgIpc) is 2.39. The van der Waals surface area contributed by atoms with Crippen LogP contribution in [0.3, 0.4) is 0 Å². The Labute approximate surface area is 113 Å². The van der Waals surface area contributed by atoms with Gasteiger partial charge in [0.2, 0.25) is 10.0 Å². The number of pyridine rings is 1. The Bertz CT molecular complexity index is 513. The van der Waals surface area contributed by atoms with Crippen LogP contribution in [0.1, 0.15) is 32.1 Å².